The van der Waals surface area contributed by atoms with E-state index < -0.39 is 24.3 Å². The molecule has 0 saturated heterocycles. The van der Waals surface area contributed by atoms with Gasteiger partial charge in [-0.3, -0.25) is 9.59 Å². The first-order chi connectivity index (χ1) is 40.6. The van der Waals surface area contributed by atoms with Gasteiger partial charge in [-0.25, -0.2) is 0 Å². The molecule has 0 aliphatic carbocycles. The van der Waals surface area contributed by atoms with Crippen LogP contribution in [-0.4, -0.2) is 82.3 Å². The van der Waals surface area contributed by atoms with Crippen molar-refractivity contribution < 1.29 is 42.9 Å². The summed E-state index contributed by atoms with van der Waals surface area (Å²) < 4.78 is 22.8. The summed E-state index contributed by atoms with van der Waals surface area (Å²) in [5.41, 5.74) is 0. The molecular weight excluding hydrogens is 1030 g/mol. The molecule has 0 radical (unpaired) electrons. The van der Waals surface area contributed by atoms with Crippen LogP contribution in [0.1, 0.15) is 348 Å². The Morgan fingerprint density at radius 1 is 0.361 bits per heavy atom. The molecule has 486 valence electrons. The van der Waals surface area contributed by atoms with E-state index >= 15 is 0 Å². The van der Waals surface area contributed by atoms with Gasteiger partial charge in [-0.2, -0.15) is 0 Å². The fourth-order valence-corrected chi connectivity index (χ4v) is 10.5. The van der Waals surface area contributed by atoms with Gasteiger partial charge in [0.2, 0.25) is 0 Å². The molecule has 2 unspecified atom stereocenters. The minimum absolute atomic E-state index is 0.148. The summed E-state index contributed by atoms with van der Waals surface area (Å²) in [6.07, 6.45) is 80.6. The lowest BCUT2D eigenvalue weighted by Crippen LogP contribution is -2.44. The normalized spacial score (nSPS) is 12.9. The van der Waals surface area contributed by atoms with Gasteiger partial charge in [0.25, 0.3) is 0 Å². The second-order valence-electron chi connectivity index (χ2n) is 25.5. The molecule has 0 aromatic carbocycles. The number of unbranched alkanes of at least 4 members (excludes halogenated alkanes) is 44. The Hall–Kier alpha value is -2.75. The van der Waals surface area contributed by atoms with E-state index in [-0.39, 0.29) is 32.2 Å². The van der Waals surface area contributed by atoms with Crippen molar-refractivity contribution in [3.8, 4) is 0 Å². The number of nitrogens with zero attached hydrogens (tertiary/aromatic N) is 1. The second kappa shape index (κ2) is 65.2. The van der Waals surface area contributed by atoms with Gasteiger partial charge in [-0.1, -0.05) is 306 Å². The third-order valence-corrected chi connectivity index (χ3v) is 16.0. The van der Waals surface area contributed by atoms with Crippen LogP contribution in [0.2, 0.25) is 0 Å². The molecule has 0 heterocycles. The molecule has 0 aromatic heterocycles. The van der Waals surface area contributed by atoms with E-state index in [1.807, 2.05) is 21.1 Å². The maximum absolute atomic E-state index is 12.9. The fourth-order valence-electron chi connectivity index (χ4n) is 10.5. The van der Waals surface area contributed by atoms with Gasteiger partial charge >= 0.3 is 11.9 Å². The van der Waals surface area contributed by atoms with Crippen molar-refractivity contribution in [1.82, 2.24) is 0 Å². The van der Waals surface area contributed by atoms with E-state index in [1.165, 1.54) is 263 Å². The third-order valence-electron chi connectivity index (χ3n) is 16.0. The Labute approximate surface area is 514 Å². The fraction of sp³-hybridized carbons (Fsp3) is 0.851. The Balaban J connectivity index is 4.07. The van der Waals surface area contributed by atoms with E-state index in [4.69, 9.17) is 18.9 Å². The number of carbonyl (C=O) groups is 3. The van der Waals surface area contributed by atoms with Gasteiger partial charge in [0.1, 0.15) is 13.2 Å². The van der Waals surface area contributed by atoms with Gasteiger partial charge in [0.05, 0.1) is 40.3 Å². The Kier molecular flexibility index (Phi) is 63.1. The molecular formula is C74H137NO8. The highest BCUT2D eigenvalue weighted by atomic mass is 16.7. The van der Waals surface area contributed by atoms with Crippen LogP contribution >= 0.6 is 0 Å². The quantitative estimate of drug-likeness (QED) is 0.0195. The summed E-state index contributed by atoms with van der Waals surface area (Å²) in [6.45, 7) is 4.79. The average Bonchev–Trinajstić information content (AvgIpc) is 3.46. The van der Waals surface area contributed by atoms with Crippen LogP contribution in [0.4, 0.5) is 0 Å². The highest BCUT2D eigenvalue weighted by Crippen LogP contribution is 2.18. The lowest BCUT2D eigenvalue weighted by molar-refractivity contribution is -0.870. The van der Waals surface area contributed by atoms with Crippen molar-refractivity contribution >= 4 is 17.9 Å². The van der Waals surface area contributed by atoms with E-state index in [1.54, 1.807) is 0 Å². The summed E-state index contributed by atoms with van der Waals surface area (Å²) in [7, 11) is 5.94. The Morgan fingerprint density at radius 3 is 0.976 bits per heavy atom. The molecule has 0 aromatic rings. The first kappa shape index (κ1) is 80.2. The predicted octanol–water partition coefficient (Wildman–Crippen LogP) is 20.8. The van der Waals surface area contributed by atoms with Crippen LogP contribution < -0.4 is 5.11 Å². The lowest BCUT2D eigenvalue weighted by Gasteiger charge is -2.26. The highest BCUT2D eigenvalue weighted by Gasteiger charge is 2.22. The molecule has 0 bridgehead atoms. The molecule has 0 rings (SSSR count). The molecule has 0 saturated carbocycles. The Morgan fingerprint density at radius 2 is 0.651 bits per heavy atom. The minimum Gasteiger partial charge on any atom is -0.545 e. The number of likely N-dealkylation sites (N-methyl/N-ethyl adjacent to an activating group) is 1. The summed E-state index contributed by atoms with van der Waals surface area (Å²) in [5, 5.41) is 11.8. The zero-order valence-electron chi connectivity index (χ0n) is 55.6. The maximum atomic E-state index is 12.9. The van der Waals surface area contributed by atoms with Crippen molar-refractivity contribution in [3.05, 3.63) is 48.6 Å². The number of quaternary nitrogens is 1. The zero-order chi connectivity index (χ0) is 60.5. The van der Waals surface area contributed by atoms with Crippen LogP contribution in [0.15, 0.2) is 48.6 Å². The number of carboxylic acid groups (broad SMARTS) is 1. The van der Waals surface area contributed by atoms with Crippen LogP contribution in [-0.2, 0) is 33.3 Å². The summed E-state index contributed by atoms with van der Waals surface area (Å²) >= 11 is 0. The molecule has 0 aliphatic rings. The molecule has 9 nitrogen and oxygen atoms in total. The van der Waals surface area contributed by atoms with Crippen LogP contribution in [0.25, 0.3) is 0 Å². The second-order valence-corrected chi connectivity index (χ2v) is 25.5. The van der Waals surface area contributed by atoms with Crippen molar-refractivity contribution in [1.29, 1.82) is 0 Å². The van der Waals surface area contributed by atoms with Crippen molar-refractivity contribution in [2.24, 2.45) is 0 Å². The summed E-state index contributed by atoms with van der Waals surface area (Å²) in [5.74, 6) is -2.26. The molecule has 0 amide bonds. The van der Waals surface area contributed by atoms with Crippen molar-refractivity contribution in [2.75, 3.05) is 47.5 Å². The largest absolute Gasteiger partial charge is 0.545 e. The average molecular weight is 1170 g/mol. The monoisotopic (exact) mass is 1170 g/mol. The number of aliphatic carboxylic acids is 1. The van der Waals surface area contributed by atoms with E-state index in [9.17, 15) is 19.5 Å². The van der Waals surface area contributed by atoms with Gasteiger partial charge < -0.3 is 33.3 Å². The maximum Gasteiger partial charge on any atom is 0.306 e. The third kappa shape index (κ3) is 66.6. The van der Waals surface area contributed by atoms with Gasteiger partial charge in [0, 0.05) is 12.8 Å². The number of allylic oxidation sites excluding steroid dienone is 8. The molecule has 83 heavy (non-hydrogen) atoms. The van der Waals surface area contributed by atoms with E-state index in [0.717, 1.165) is 51.4 Å². The van der Waals surface area contributed by atoms with Crippen LogP contribution in [0.3, 0.4) is 0 Å². The molecule has 2 atom stereocenters. The molecule has 0 spiro atoms. The standard InChI is InChI=1S/C74H137NO8/c1-6-8-10-12-14-16-18-20-22-24-26-28-30-32-34-35-36-37-39-40-42-44-46-48-50-52-54-56-58-60-62-64-71(76)81-68-70(69-82-74(73(78)79)80-67-66-75(3,4)5)83-72(77)65-63-61-59-57-55-53-51-49-47-45-43-41-38-33-31-29-27-25-23-21-19-17-15-13-11-9-7-2/h19,21,24-27,31,33,70,74H,6-18,20,22-23,28-30,32,34-69H2,1-5H3/b21-19-,26-24-,27-25-,33-31-. The van der Waals surface area contributed by atoms with Crippen molar-refractivity contribution in [3.63, 3.8) is 0 Å². The first-order valence-corrected chi connectivity index (χ1v) is 35.8. The number of hydrogen-bond acceptors (Lipinski definition) is 8. The topological polar surface area (TPSA) is 111 Å². The molecule has 0 N–H and O–H groups in total. The highest BCUT2D eigenvalue weighted by molar-refractivity contribution is 5.70. The Bertz CT molecular complexity index is 1500. The smallest absolute Gasteiger partial charge is 0.306 e. The van der Waals surface area contributed by atoms with E-state index in [0.29, 0.717) is 23.9 Å². The minimum atomic E-state index is -1.62. The van der Waals surface area contributed by atoms with Crippen molar-refractivity contribution in [2.45, 2.75) is 360 Å². The number of ether oxygens (including phenoxy) is 4. The number of carbonyl (C=O) groups excluding carboxylic acids is 3. The zero-order valence-corrected chi connectivity index (χ0v) is 55.6. The summed E-state index contributed by atoms with van der Waals surface area (Å²) in [4.78, 5) is 37.5. The van der Waals surface area contributed by atoms with Gasteiger partial charge in [-0.15, -0.1) is 0 Å². The molecule has 0 fully saturated rings. The van der Waals surface area contributed by atoms with Gasteiger partial charge in [-0.05, 0) is 77.0 Å². The first-order valence-electron chi connectivity index (χ1n) is 35.8. The predicted molar refractivity (Wildman–Crippen MR) is 352 cm³/mol. The molecule has 0 aliphatic heterocycles. The van der Waals surface area contributed by atoms with Crippen LogP contribution in [0, 0.1) is 0 Å². The number of esters is 2. The summed E-state index contributed by atoms with van der Waals surface area (Å²) in [6, 6.07) is 0. The van der Waals surface area contributed by atoms with Crippen LogP contribution in [0.5, 0.6) is 0 Å². The van der Waals surface area contributed by atoms with E-state index in [2.05, 4.69) is 62.5 Å². The number of rotatable bonds is 67. The number of carboxylic acids is 1. The molecule has 9 heteroatoms. The number of hydrogen-bond donors (Lipinski definition) is 0. The lowest BCUT2D eigenvalue weighted by atomic mass is 10.0. The van der Waals surface area contributed by atoms with Gasteiger partial charge in [0.15, 0.2) is 12.4 Å². The SMILES string of the molecule is CCCCCCC/C=C\C/C=C\C/C=C\CCCCCCCCCCCCCCC(=O)OC(COC(=O)CCCCCCCCCCCCCCCCCCCCC/C=C\CCCCCCCCCC)COC(OCC[N+](C)(C)C)C(=O)[O-].